The molecule has 0 bridgehead atoms. The Morgan fingerprint density at radius 3 is 2.82 bits per heavy atom. The van der Waals surface area contributed by atoms with E-state index in [1.54, 1.807) is 4.90 Å². The summed E-state index contributed by atoms with van der Waals surface area (Å²) in [7, 11) is 1.40. The smallest absolute Gasteiger partial charge is 0.271 e. The van der Waals surface area contributed by atoms with Crippen LogP contribution in [-0.4, -0.2) is 44.1 Å². The van der Waals surface area contributed by atoms with Crippen molar-refractivity contribution in [3.63, 3.8) is 0 Å². The van der Waals surface area contributed by atoms with Crippen molar-refractivity contribution in [2.75, 3.05) is 25.2 Å². The predicted octanol–water partition coefficient (Wildman–Crippen LogP) is 2.77. The molecular formula is C16H22ClNO4. The number of hydrogen-bond donors (Lipinski definition) is 0. The van der Waals surface area contributed by atoms with Crippen LogP contribution < -0.4 is 4.90 Å². The first-order chi connectivity index (χ1) is 10.7. The molecular weight excluding hydrogens is 306 g/mol. The van der Waals surface area contributed by atoms with Crippen LogP contribution in [0.1, 0.15) is 19.8 Å². The zero-order valence-electron chi connectivity index (χ0n) is 12.9. The van der Waals surface area contributed by atoms with Gasteiger partial charge in [0.2, 0.25) is 5.56 Å². The summed E-state index contributed by atoms with van der Waals surface area (Å²) in [6.45, 7) is 2.95. The third-order valence-electron chi connectivity index (χ3n) is 3.49. The lowest BCUT2D eigenvalue weighted by Crippen LogP contribution is -2.42. The van der Waals surface area contributed by atoms with Gasteiger partial charge in [-0.25, -0.2) is 0 Å². The molecule has 1 fully saturated rings. The molecule has 1 aromatic rings. The summed E-state index contributed by atoms with van der Waals surface area (Å²) in [4.78, 5) is 14.0. The van der Waals surface area contributed by atoms with Gasteiger partial charge in [0.15, 0.2) is 6.29 Å². The molecule has 0 radical (unpaired) electrons. The normalized spacial score (nSPS) is 22.5. The zero-order valence-corrected chi connectivity index (χ0v) is 13.7. The average molecular weight is 328 g/mol. The maximum absolute atomic E-state index is 12.4. The summed E-state index contributed by atoms with van der Waals surface area (Å²) in [5.74, 6) is -0.332. The van der Waals surface area contributed by atoms with E-state index in [9.17, 15) is 4.79 Å². The summed E-state index contributed by atoms with van der Waals surface area (Å²) in [6.07, 6.45) is 1.64. The SMILES string of the molecule is CCCC1COC(CN(C(=O)C(Cl)OC)c2ccccc2)O1. The number of halogens is 1. The van der Waals surface area contributed by atoms with Crippen molar-refractivity contribution >= 4 is 23.2 Å². The first-order valence-electron chi connectivity index (χ1n) is 7.46. The molecule has 1 amide bonds. The molecule has 2 rings (SSSR count). The summed E-state index contributed by atoms with van der Waals surface area (Å²) < 4.78 is 16.4. The van der Waals surface area contributed by atoms with Crippen LogP contribution in [0.2, 0.25) is 0 Å². The van der Waals surface area contributed by atoms with Crippen LogP contribution in [0, 0.1) is 0 Å². The van der Waals surface area contributed by atoms with Crippen molar-refractivity contribution in [3.05, 3.63) is 30.3 Å². The van der Waals surface area contributed by atoms with Gasteiger partial charge in [-0.1, -0.05) is 43.1 Å². The quantitative estimate of drug-likeness (QED) is 0.723. The van der Waals surface area contributed by atoms with Crippen LogP contribution in [-0.2, 0) is 19.0 Å². The number of alkyl halides is 1. The van der Waals surface area contributed by atoms with Crippen molar-refractivity contribution < 1.29 is 19.0 Å². The van der Waals surface area contributed by atoms with Crippen molar-refractivity contribution in [2.45, 2.75) is 37.7 Å². The molecule has 1 aliphatic heterocycles. The standard InChI is InChI=1S/C16H22ClNO4/c1-3-7-13-11-21-14(22-13)10-18(16(19)15(17)20-2)12-8-5-4-6-9-12/h4-6,8-9,13-15H,3,7,10-11H2,1-2H3. The lowest BCUT2D eigenvalue weighted by Gasteiger charge is -2.26. The van der Waals surface area contributed by atoms with E-state index in [1.807, 2.05) is 30.3 Å². The Morgan fingerprint density at radius 2 is 2.18 bits per heavy atom. The maximum Gasteiger partial charge on any atom is 0.271 e. The number of nitrogens with zero attached hydrogens (tertiary/aromatic N) is 1. The van der Waals surface area contributed by atoms with Gasteiger partial charge < -0.3 is 19.1 Å². The van der Waals surface area contributed by atoms with Crippen LogP contribution in [0.15, 0.2) is 30.3 Å². The minimum Gasteiger partial charge on any atom is -0.357 e. The number of amides is 1. The lowest BCUT2D eigenvalue weighted by molar-refractivity contribution is -0.126. The fourth-order valence-corrected chi connectivity index (χ4v) is 2.50. The van der Waals surface area contributed by atoms with E-state index >= 15 is 0 Å². The van der Waals surface area contributed by atoms with E-state index in [1.165, 1.54) is 7.11 Å². The molecule has 1 aromatic carbocycles. The second-order valence-corrected chi connectivity index (χ2v) is 5.54. The molecule has 3 unspecified atom stereocenters. The molecule has 122 valence electrons. The molecule has 1 aliphatic rings. The molecule has 0 saturated carbocycles. The Bertz CT molecular complexity index is 470. The highest BCUT2D eigenvalue weighted by molar-refractivity contribution is 6.31. The molecule has 0 aromatic heterocycles. The molecule has 1 heterocycles. The number of benzene rings is 1. The minimum absolute atomic E-state index is 0.0944. The molecule has 0 spiro atoms. The number of anilines is 1. The highest BCUT2D eigenvalue weighted by atomic mass is 35.5. The molecule has 0 N–H and O–H groups in total. The molecule has 1 saturated heterocycles. The monoisotopic (exact) mass is 327 g/mol. The third-order valence-corrected chi connectivity index (χ3v) is 3.85. The Morgan fingerprint density at radius 1 is 1.45 bits per heavy atom. The average Bonchev–Trinajstić information content (AvgIpc) is 2.99. The van der Waals surface area contributed by atoms with E-state index in [-0.39, 0.29) is 18.6 Å². The second-order valence-electron chi connectivity index (χ2n) is 5.15. The number of carbonyl (C=O) groups is 1. The van der Waals surface area contributed by atoms with E-state index in [2.05, 4.69) is 6.92 Å². The fourth-order valence-electron chi connectivity index (χ4n) is 2.38. The van der Waals surface area contributed by atoms with Crippen LogP contribution in [0.5, 0.6) is 0 Å². The van der Waals surface area contributed by atoms with E-state index in [0.717, 1.165) is 18.5 Å². The highest BCUT2D eigenvalue weighted by Crippen LogP contribution is 2.22. The van der Waals surface area contributed by atoms with Crippen molar-refractivity contribution in [1.82, 2.24) is 0 Å². The molecule has 0 aliphatic carbocycles. The molecule has 6 heteroatoms. The maximum atomic E-state index is 12.4. The van der Waals surface area contributed by atoms with Gasteiger partial charge in [0.25, 0.3) is 5.91 Å². The number of rotatable bonds is 7. The van der Waals surface area contributed by atoms with Crippen LogP contribution in [0.25, 0.3) is 0 Å². The first-order valence-corrected chi connectivity index (χ1v) is 7.89. The van der Waals surface area contributed by atoms with Crippen LogP contribution in [0.4, 0.5) is 5.69 Å². The number of hydrogen-bond acceptors (Lipinski definition) is 4. The highest BCUT2D eigenvalue weighted by Gasteiger charge is 2.31. The van der Waals surface area contributed by atoms with E-state index in [0.29, 0.717) is 6.61 Å². The van der Waals surface area contributed by atoms with Gasteiger partial charge in [0.1, 0.15) is 0 Å². The lowest BCUT2D eigenvalue weighted by atomic mass is 10.2. The van der Waals surface area contributed by atoms with Gasteiger partial charge in [-0.15, -0.1) is 0 Å². The third kappa shape index (κ3) is 4.43. The number of ether oxygens (including phenoxy) is 3. The predicted molar refractivity (Wildman–Crippen MR) is 85.0 cm³/mol. The van der Waals surface area contributed by atoms with Gasteiger partial charge in [0.05, 0.1) is 19.3 Å². The van der Waals surface area contributed by atoms with Crippen molar-refractivity contribution in [2.24, 2.45) is 0 Å². The Kier molecular flexibility index (Phi) is 6.64. The summed E-state index contributed by atoms with van der Waals surface area (Å²) in [6, 6.07) is 9.30. The van der Waals surface area contributed by atoms with Crippen LogP contribution in [0.3, 0.4) is 0 Å². The largest absolute Gasteiger partial charge is 0.357 e. The minimum atomic E-state index is -1.03. The first kappa shape index (κ1) is 17.2. The molecule has 22 heavy (non-hydrogen) atoms. The van der Waals surface area contributed by atoms with Crippen molar-refractivity contribution in [3.8, 4) is 0 Å². The summed E-state index contributed by atoms with van der Waals surface area (Å²) >= 11 is 5.93. The van der Waals surface area contributed by atoms with E-state index in [4.69, 9.17) is 25.8 Å². The Labute approximate surface area is 136 Å². The molecule has 3 atom stereocenters. The summed E-state index contributed by atoms with van der Waals surface area (Å²) in [5, 5.41) is 0. The van der Waals surface area contributed by atoms with Crippen molar-refractivity contribution in [1.29, 1.82) is 0 Å². The van der Waals surface area contributed by atoms with Gasteiger partial charge in [-0.05, 0) is 18.6 Å². The van der Waals surface area contributed by atoms with Gasteiger partial charge in [0, 0.05) is 12.8 Å². The zero-order chi connectivity index (χ0) is 15.9. The van der Waals surface area contributed by atoms with Crippen LogP contribution >= 0.6 is 11.6 Å². The van der Waals surface area contributed by atoms with Gasteiger partial charge in [-0.2, -0.15) is 0 Å². The number of carbonyl (C=O) groups excluding carboxylic acids is 1. The van der Waals surface area contributed by atoms with Gasteiger partial charge in [-0.3, -0.25) is 4.79 Å². The Balaban J connectivity index is 2.07. The number of methoxy groups -OCH3 is 1. The van der Waals surface area contributed by atoms with E-state index < -0.39 is 11.9 Å². The second kappa shape index (κ2) is 8.48. The summed E-state index contributed by atoms with van der Waals surface area (Å²) in [5.41, 5.74) is -0.297. The molecule has 5 nitrogen and oxygen atoms in total. The number of para-hydroxylation sites is 1. The van der Waals surface area contributed by atoms with Gasteiger partial charge >= 0.3 is 0 Å². The topological polar surface area (TPSA) is 48.0 Å². The Hall–Kier alpha value is -1.14. The fraction of sp³-hybridized carbons (Fsp3) is 0.562.